The van der Waals surface area contributed by atoms with E-state index >= 15 is 0 Å². The highest BCUT2D eigenvalue weighted by atomic mass is 15.0. The summed E-state index contributed by atoms with van der Waals surface area (Å²) in [4.78, 5) is 4.44. The first-order valence-corrected chi connectivity index (χ1v) is 6.20. The smallest absolute Gasteiger partial charge is 0.0961 e. The number of aromatic nitrogens is 2. The molecule has 0 radical (unpaired) electrons. The van der Waals surface area contributed by atoms with Gasteiger partial charge < -0.3 is 4.57 Å². The molecule has 0 aliphatic carbocycles. The third kappa shape index (κ3) is 1.80. The number of rotatable bonds is 2. The molecule has 0 atom stereocenters. The van der Waals surface area contributed by atoms with Crippen LogP contribution in [0.2, 0.25) is 0 Å². The molecule has 18 heavy (non-hydrogen) atoms. The molecule has 0 spiro atoms. The third-order valence-corrected chi connectivity index (χ3v) is 3.50. The molecule has 2 nitrogen and oxygen atoms in total. The van der Waals surface area contributed by atoms with Gasteiger partial charge in [0.1, 0.15) is 0 Å². The molecular weight excluding hydrogens is 220 g/mol. The predicted octanol–water partition coefficient (Wildman–Crippen LogP) is 3.70. The van der Waals surface area contributed by atoms with Gasteiger partial charge in [0.15, 0.2) is 0 Å². The van der Waals surface area contributed by atoms with Crippen molar-refractivity contribution in [1.82, 2.24) is 9.55 Å². The summed E-state index contributed by atoms with van der Waals surface area (Å²) in [7, 11) is 0. The summed E-state index contributed by atoms with van der Waals surface area (Å²) < 4.78 is 2.21. The molecule has 90 valence electrons. The van der Waals surface area contributed by atoms with Gasteiger partial charge in [0.2, 0.25) is 0 Å². The summed E-state index contributed by atoms with van der Waals surface area (Å²) in [5.74, 6) is 0. The lowest BCUT2D eigenvalue weighted by molar-refractivity contribution is 0.812. The fourth-order valence-corrected chi connectivity index (χ4v) is 2.41. The second kappa shape index (κ2) is 4.30. The highest BCUT2D eigenvalue weighted by molar-refractivity contribution is 5.75. The first-order valence-electron chi connectivity index (χ1n) is 6.20. The molecule has 3 aromatic rings. The van der Waals surface area contributed by atoms with E-state index in [1.54, 1.807) is 0 Å². The zero-order valence-electron chi connectivity index (χ0n) is 10.7. The molecule has 0 unspecified atom stereocenters. The van der Waals surface area contributed by atoms with E-state index in [0.29, 0.717) is 0 Å². The van der Waals surface area contributed by atoms with Gasteiger partial charge in [0.25, 0.3) is 0 Å². The second-order valence-corrected chi connectivity index (χ2v) is 4.73. The van der Waals surface area contributed by atoms with Gasteiger partial charge in [-0.3, -0.25) is 0 Å². The van der Waals surface area contributed by atoms with Crippen LogP contribution in [0.15, 0.2) is 48.8 Å². The van der Waals surface area contributed by atoms with E-state index in [4.69, 9.17) is 0 Å². The molecule has 0 bridgehead atoms. The van der Waals surface area contributed by atoms with E-state index in [2.05, 4.69) is 59.8 Å². The van der Waals surface area contributed by atoms with E-state index < -0.39 is 0 Å². The van der Waals surface area contributed by atoms with E-state index in [9.17, 15) is 0 Å². The number of imidazole rings is 1. The first-order chi connectivity index (χ1) is 8.75. The van der Waals surface area contributed by atoms with Gasteiger partial charge in [-0.25, -0.2) is 4.98 Å². The standard InChI is InChI=1S/C16H16N2/c1-12-6-5-7-13(2)14(12)10-18-11-17-15-8-3-4-9-16(15)18/h3-9,11H,10H2,1-2H3. The van der Waals surface area contributed by atoms with Crippen LogP contribution in [0, 0.1) is 13.8 Å². The fourth-order valence-electron chi connectivity index (χ4n) is 2.41. The van der Waals surface area contributed by atoms with Crippen LogP contribution in [-0.2, 0) is 6.54 Å². The lowest BCUT2D eigenvalue weighted by atomic mass is 10.0. The van der Waals surface area contributed by atoms with Gasteiger partial charge >= 0.3 is 0 Å². The average Bonchev–Trinajstić information content (AvgIpc) is 2.77. The topological polar surface area (TPSA) is 17.8 Å². The molecule has 0 amide bonds. The quantitative estimate of drug-likeness (QED) is 0.663. The predicted molar refractivity (Wildman–Crippen MR) is 74.8 cm³/mol. The van der Waals surface area contributed by atoms with Gasteiger partial charge in [0, 0.05) is 6.54 Å². The Labute approximate surface area is 107 Å². The zero-order valence-corrected chi connectivity index (χ0v) is 10.7. The molecule has 3 rings (SSSR count). The van der Waals surface area contributed by atoms with Crippen LogP contribution in [0.25, 0.3) is 11.0 Å². The highest BCUT2D eigenvalue weighted by Gasteiger charge is 2.06. The maximum Gasteiger partial charge on any atom is 0.0961 e. The first kappa shape index (κ1) is 11.0. The maximum absolute atomic E-state index is 4.44. The van der Waals surface area contributed by atoms with Gasteiger partial charge in [-0.2, -0.15) is 0 Å². The van der Waals surface area contributed by atoms with Crippen LogP contribution in [-0.4, -0.2) is 9.55 Å². The number of aryl methyl sites for hydroxylation is 2. The molecule has 0 aliphatic heterocycles. The van der Waals surface area contributed by atoms with Crippen LogP contribution in [0.3, 0.4) is 0 Å². The summed E-state index contributed by atoms with van der Waals surface area (Å²) in [5.41, 5.74) is 6.32. The summed E-state index contributed by atoms with van der Waals surface area (Å²) in [6, 6.07) is 14.7. The van der Waals surface area contributed by atoms with Crippen LogP contribution in [0.1, 0.15) is 16.7 Å². The van der Waals surface area contributed by atoms with Crippen molar-refractivity contribution < 1.29 is 0 Å². The van der Waals surface area contributed by atoms with E-state index in [-0.39, 0.29) is 0 Å². The van der Waals surface area contributed by atoms with Crippen molar-refractivity contribution in [2.45, 2.75) is 20.4 Å². The van der Waals surface area contributed by atoms with Crippen molar-refractivity contribution in [2.24, 2.45) is 0 Å². The van der Waals surface area contributed by atoms with Crippen LogP contribution < -0.4 is 0 Å². The maximum atomic E-state index is 4.44. The molecular formula is C16H16N2. The number of hydrogen-bond donors (Lipinski definition) is 0. The molecule has 0 saturated carbocycles. The van der Waals surface area contributed by atoms with Crippen molar-refractivity contribution >= 4 is 11.0 Å². The van der Waals surface area contributed by atoms with E-state index in [0.717, 1.165) is 12.1 Å². The lowest BCUT2D eigenvalue weighted by Gasteiger charge is -2.11. The normalized spacial score (nSPS) is 11.0. The van der Waals surface area contributed by atoms with Crippen molar-refractivity contribution in [3.05, 3.63) is 65.5 Å². The molecule has 1 aromatic heterocycles. The molecule has 0 fully saturated rings. The van der Waals surface area contributed by atoms with Gasteiger partial charge in [-0.15, -0.1) is 0 Å². The second-order valence-electron chi connectivity index (χ2n) is 4.73. The third-order valence-electron chi connectivity index (χ3n) is 3.50. The van der Waals surface area contributed by atoms with Gasteiger partial charge in [-0.05, 0) is 42.7 Å². The molecule has 2 heteroatoms. The SMILES string of the molecule is Cc1cccc(C)c1Cn1cnc2ccccc21. The molecule has 2 aromatic carbocycles. The Kier molecular flexibility index (Phi) is 2.63. The van der Waals surface area contributed by atoms with Crippen molar-refractivity contribution in [3.8, 4) is 0 Å². The largest absolute Gasteiger partial charge is 0.326 e. The van der Waals surface area contributed by atoms with Crippen LogP contribution >= 0.6 is 0 Å². The Hall–Kier alpha value is -2.09. The number of hydrogen-bond acceptors (Lipinski definition) is 1. The Morgan fingerprint density at radius 1 is 0.944 bits per heavy atom. The summed E-state index contributed by atoms with van der Waals surface area (Å²) >= 11 is 0. The number of nitrogens with zero attached hydrogens (tertiary/aromatic N) is 2. The molecule has 1 heterocycles. The Bertz CT molecular complexity index is 675. The van der Waals surface area contributed by atoms with Crippen molar-refractivity contribution in [1.29, 1.82) is 0 Å². The average molecular weight is 236 g/mol. The highest BCUT2D eigenvalue weighted by Crippen LogP contribution is 2.18. The van der Waals surface area contributed by atoms with E-state index in [1.165, 1.54) is 22.2 Å². The van der Waals surface area contributed by atoms with Gasteiger partial charge in [0.05, 0.1) is 17.4 Å². The molecule has 0 aliphatic rings. The molecule has 0 saturated heterocycles. The van der Waals surface area contributed by atoms with Crippen molar-refractivity contribution in [3.63, 3.8) is 0 Å². The zero-order chi connectivity index (χ0) is 12.5. The minimum Gasteiger partial charge on any atom is -0.326 e. The minimum atomic E-state index is 0.888. The number of benzene rings is 2. The van der Waals surface area contributed by atoms with Crippen molar-refractivity contribution in [2.75, 3.05) is 0 Å². The van der Waals surface area contributed by atoms with Crippen LogP contribution in [0.5, 0.6) is 0 Å². The monoisotopic (exact) mass is 236 g/mol. The summed E-state index contributed by atoms with van der Waals surface area (Å²) in [6.07, 6.45) is 1.93. The molecule has 0 N–H and O–H groups in total. The summed E-state index contributed by atoms with van der Waals surface area (Å²) in [5, 5.41) is 0. The number of para-hydroxylation sites is 2. The Balaban J connectivity index is 2.07. The van der Waals surface area contributed by atoms with Crippen LogP contribution in [0.4, 0.5) is 0 Å². The van der Waals surface area contributed by atoms with Gasteiger partial charge in [-0.1, -0.05) is 30.3 Å². The van der Waals surface area contributed by atoms with E-state index in [1.807, 2.05) is 12.4 Å². The summed E-state index contributed by atoms with van der Waals surface area (Å²) in [6.45, 7) is 5.22. The number of fused-ring (bicyclic) bond motifs is 1. The Morgan fingerprint density at radius 3 is 2.44 bits per heavy atom. The minimum absolute atomic E-state index is 0.888. The Morgan fingerprint density at radius 2 is 1.67 bits per heavy atom. The lowest BCUT2D eigenvalue weighted by Crippen LogP contribution is -2.02. The fraction of sp³-hybridized carbons (Fsp3) is 0.188.